The van der Waals surface area contributed by atoms with Crippen LogP contribution in [-0.4, -0.2) is 21.6 Å². The van der Waals surface area contributed by atoms with Gasteiger partial charge < -0.3 is 9.30 Å². The van der Waals surface area contributed by atoms with E-state index in [0.717, 1.165) is 22.6 Å². The van der Waals surface area contributed by atoms with E-state index in [1.165, 1.54) is 0 Å². The number of methoxy groups -OCH3 is 1. The van der Waals surface area contributed by atoms with Crippen molar-refractivity contribution in [2.75, 3.05) is 7.11 Å². The van der Waals surface area contributed by atoms with Crippen molar-refractivity contribution in [3.63, 3.8) is 0 Å². The molecule has 0 aliphatic rings. The van der Waals surface area contributed by atoms with Crippen LogP contribution in [-0.2, 0) is 7.05 Å². The maximum Gasteiger partial charge on any atom is 0.218 e. The van der Waals surface area contributed by atoms with Crippen LogP contribution in [0.2, 0.25) is 0 Å². The zero-order valence-corrected chi connectivity index (χ0v) is 8.83. The van der Waals surface area contributed by atoms with Crippen molar-refractivity contribution in [3.05, 3.63) is 17.5 Å². The molecule has 4 heteroatoms. The van der Waals surface area contributed by atoms with E-state index in [4.69, 9.17) is 4.74 Å². The minimum atomic E-state index is 0.667. The van der Waals surface area contributed by atoms with Gasteiger partial charge in [-0.15, -0.1) is 0 Å². The first-order valence-corrected chi connectivity index (χ1v) is 4.48. The van der Waals surface area contributed by atoms with Crippen LogP contribution in [0.5, 0.6) is 5.88 Å². The third-order valence-electron chi connectivity index (χ3n) is 2.41. The van der Waals surface area contributed by atoms with Crippen LogP contribution in [0.3, 0.4) is 0 Å². The quantitative estimate of drug-likeness (QED) is 0.687. The van der Waals surface area contributed by atoms with E-state index in [1.807, 2.05) is 31.5 Å². The SMILES string of the molecule is COc1nc2c(cc1C)nc(C)n2C. The van der Waals surface area contributed by atoms with E-state index in [9.17, 15) is 0 Å². The molecule has 2 aromatic rings. The maximum atomic E-state index is 5.17. The van der Waals surface area contributed by atoms with E-state index >= 15 is 0 Å². The second-order valence-electron chi connectivity index (χ2n) is 3.38. The lowest BCUT2D eigenvalue weighted by atomic mass is 10.3. The minimum Gasteiger partial charge on any atom is -0.481 e. The second-order valence-corrected chi connectivity index (χ2v) is 3.38. The molecule has 0 aliphatic heterocycles. The highest BCUT2D eigenvalue weighted by Crippen LogP contribution is 2.20. The molecule has 0 aliphatic carbocycles. The zero-order valence-electron chi connectivity index (χ0n) is 8.83. The number of hydrogen-bond acceptors (Lipinski definition) is 3. The van der Waals surface area contributed by atoms with Crippen molar-refractivity contribution in [2.45, 2.75) is 13.8 Å². The molecule has 0 bridgehead atoms. The Hall–Kier alpha value is -1.58. The first kappa shape index (κ1) is 8.99. The average molecular weight is 191 g/mol. The van der Waals surface area contributed by atoms with Crippen molar-refractivity contribution in [3.8, 4) is 5.88 Å². The molecule has 74 valence electrons. The summed E-state index contributed by atoms with van der Waals surface area (Å²) in [4.78, 5) is 8.79. The summed E-state index contributed by atoms with van der Waals surface area (Å²) in [5.41, 5.74) is 2.80. The predicted octanol–water partition coefficient (Wildman–Crippen LogP) is 1.59. The Morgan fingerprint density at radius 2 is 2.00 bits per heavy atom. The molecule has 0 saturated heterocycles. The largest absolute Gasteiger partial charge is 0.481 e. The van der Waals surface area contributed by atoms with Gasteiger partial charge in [-0.1, -0.05) is 0 Å². The van der Waals surface area contributed by atoms with Gasteiger partial charge >= 0.3 is 0 Å². The highest BCUT2D eigenvalue weighted by Gasteiger charge is 2.09. The number of fused-ring (bicyclic) bond motifs is 1. The van der Waals surface area contributed by atoms with Gasteiger partial charge in [0.2, 0.25) is 5.88 Å². The molecule has 2 rings (SSSR count). The number of aryl methyl sites for hydroxylation is 3. The summed E-state index contributed by atoms with van der Waals surface area (Å²) >= 11 is 0. The predicted molar refractivity (Wildman–Crippen MR) is 54.5 cm³/mol. The third-order valence-corrected chi connectivity index (χ3v) is 2.41. The Balaban J connectivity index is 2.80. The second kappa shape index (κ2) is 2.97. The summed E-state index contributed by atoms with van der Waals surface area (Å²) in [5, 5.41) is 0. The van der Waals surface area contributed by atoms with Crippen LogP contribution in [0.4, 0.5) is 0 Å². The Morgan fingerprint density at radius 3 is 2.64 bits per heavy atom. The standard InChI is InChI=1S/C10H13N3O/c1-6-5-8-9(12-10(6)14-4)13(3)7(2)11-8/h5H,1-4H3. The molecule has 0 N–H and O–H groups in total. The summed E-state index contributed by atoms with van der Waals surface area (Å²) in [6.45, 7) is 3.93. The van der Waals surface area contributed by atoms with Crippen molar-refractivity contribution < 1.29 is 4.74 Å². The molecule has 0 amide bonds. The van der Waals surface area contributed by atoms with Crippen LogP contribution in [0, 0.1) is 13.8 Å². The molecule has 0 spiro atoms. The molecule has 4 nitrogen and oxygen atoms in total. The van der Waals surface area contributed by atoms with Gasteiger partial charge in [0.25, 0.3) is 0 Å². The van der Waals surface area contributed by atoms with Crippen LogP contribution < -0.4 is 4.74 Å². The minimum absolute atomic E-state index is 0.667. The molecular weight excluding hydrogens is 178 g/mol. The highest BCUT2D eigenvalue weighted by molar-refractivity contribution is 5.73. The topological polar surface area (TPSA) is 39.9 Å². The number of ether oxygens (including phenoxy) is 1. The first-order valence-electron chi connectivity index (χ1n) is 4.48. The number of imidazole rings is 1. The Morgan fingerprint density at radius 1 is 1.29 bits per heavy atom. The van der Waals surface area contributed by atoms with Crippen LogP contribution in [0.25, 0.3) is 11.2 Å². The summed E-state index contributed by atoms with van der Waals surface area (Å²) in [5.74, 6) is 1.63. The third kappa shape index (κ3) is 1.14. The molecule has 0 fully saturated rings. The number of hydrogen-bond donors (Lipinski definition) is 0. The fourth-order valence-corrected chi connectivity index (χ4v) is 1.51. The van der Waals surface area contributed by atoms with E-state index < -0.39 is 0 Å². The van der Waals surface area contributed by atoms with Gasteiger partial charge in [0, 0.05) is 12.6 Å². The normalized spacial score (nSPS) is 10.9. The fraction of sp³-hybridized carbons (Fsp3) is 0.400. The van der Waals surface area contributed by atoms with Gasteiger partial charge in [-0.05, 0) is 19.9 Å². The van der Waals surface area contributed by atoms with E-state index in [2.05, 4.69) is 9.97 Å². The average Bonchev–Trinajstić information content (AvgIpc) is 2.41. The summed E-state index contributed by atoms with van der Waals surface area (Å²) in [7, 11) is 3.58. The lowest BCUT2D eigenvalue weighted by Gasteiger charge is -2.03. The lowest BCUT2D eigenvalue weighted by Crippen LogP contribution is -1.96. The van der Waals surface area contributed by atoms with Crippen molar-refractivity contribution in [2.24, 2.45) is 7.05 Å². The van der Waals surface area contributed by atoms with Crippen molar-refractivity contribution >= 4 is 11.2 Å². The molecule has 0 aromatic carbocycles. The van der Waals surface area contributed by atoms with Gasteiger partial charge in [-0.2, -0.15) is 4.98 Å². The lowest BCUT2D eigenvalue weighted by molar-refractivity contribution is 0.396. The van der Waals surface area contributed by atoms with Gasteiger partial charge in [0.05, 0.1) is 7.11 Å². The fourth-order valence-electron chi connectivity index (χ4n) is 1.51. The number of nitrogens with zero attached hydrogens (tertiary/aromatic N) is 3. The van der Waals surface area contributed by atoms with Gasteiger partial charge in [0.15, 0.2) is 5.65 Å². The summed E-state index contributed by atoms with van der Waals surface area (Å²) < 4.78 is 7.12. The number of rotatable bonds is 1. The van der Waals surface area contributed by atoms with E-state index in [-0.39, 0.29) is 0 Å². The number of aromatic nitrogens is 3. The number of pyridine rings is 1. The van der Waals surface area contributed by atoms with Crippen LogP contribution in [0.15, 0.2) is 6.07 Å². The van der Waals surface area contributed by atoms with Gasteiger partial charge in [-0.25, -0.2) is 4.98 Å². The molecule has 2 heterocycles. The van der Waals surface area contributed by atoms with E-state index in [1.54, 1.807) is 7.11 Å². The molecule has 0 radical (unpaired) electrons. The van der Waals surface area contributed by atoms with Crippen LogP contribution in [0.1, 0.15) is 11.4 Å². The Kier molecular flexibility index (Phi) is 1.91. The summed E-state index contributed by atoms with van der Waals surface area (Å²) in [6, 6.07) is 1.99. The van der Waals surface area contributed by atoms with Gasteiger partial charge in [-0.3, -0.25) is 0 Å². The Bertz CT molecular complexity index is 488. The molecule has 0 atom stereocenters. The molecule has 14 heavy (non-hydrogen) atoms. The monoisotopic (exact) mass is 191 g/mol. The van der Waals surface area contributed by atoms with Crippen molar-refractivity contribution in [1.29, 1.82) is 0 Å². The van der Waals surface area contributed by atoms with Gasteiger partial charge in [0.1, 0.15) is 11.3 Å². The Labute approximate surface area is 82.5 Å². The van der Waals surface area contributed by atoms with Crippen molar-refractivity contribution in [1.82, 2.24) is 14.5 Å². The molecule has 0 unspecified atom stereocenters. The maximum absolute atomic E-state index is 5.17. The highest BCUT2D eigenvalue weighted by atomic mass is 16.5. The van der Waals surface area contributed by atoms with E-state index in [0.29, 0.717) is 5.88 Å². The molecular formula is C10H13N3O. The smallest absolute Gasteiger partial charge is 0.218 e. The molecule has 0 saturated carbocycles. The summed E-state index contributed by atoms with van der Waals surface area (Å²) in [6.07, 6.45) is 0. The van der Waals surface area contributed by atoms with Crippen LogP contribution >= 0.6 is 0 Å². The zero-order chi connectivity index (χ0) is 10.3. The molecule has 2 aromatic heterocycles. The first-order chi connectivity index (χ1) is 6.63.